The zero-order valence-corrected chi connectivity index (χ0v) is 22.0. The number of carbonyl (C=O) groups is 3. The van der Waals surface area contributed by atoms with Crippen molar-refractivity contribution in [2.24, 2.45) is 0 Å². The molecular formula is C31H35N3O3. The molecule has 0 aromatic heterocycles. The van der Waals surface area contributed by atoms with Gasteiger partial charge in [0.1, 0.15) is 0 Å². The Morgan fingerprint density at radius 1 is 0.757 bits per heavy atom. The minimum Gasteiger partial charge on any atom is -0.369 e. The number of amides is 3. The molecule has 6 nitrogen and oxygen atoms in total. The Morgan fingerprint density at radius 3 is 1.84 bits per heavy atom. The molecule has 0 saturated carbocycles. The van der Waals surface area contributed by atoms with Gasteiger partial charge in [0.25, 0.3) is 11.8 Å². The molecule has 192 valence electrons. The van der Waals surface area contributed by atoms with Crippen molar-refractivity contribution < 1.29 is 14.4 Å². The summed E-state index contributed by atoms with van der Waals surface area (Å²) in [5.74, 6) is -0.0173. The molecular weight excluding hydrogens is 462 g/mol. The lowest BCUT2D eigenvalue weighted by molar-refractivity contribution is -0.116. The minimum absolute atomic E-state index is 0.0586. The summed E-state index contributed by atoms with van der Waals surface area (Å²) in [5, 5.41) is 3.19. The first kappa shape index (κ1) is 26.1. The second-order valence-corrected chi connectivity index (χ2v) is 10.0. The standard InChI is InChI=1S/C31H35N3O3/c1-21(2)24-15-10-16-25(22(3)4)29(24)32-28(35)17-18-33(23-11-6-5-7-12-23)19-20-34-30(36)26-13-8-9-14-27(26)31(34)37/h5-16,21-22H,17-20H2,1-4H3,(H,32,35). The average molecular weight is 498 g/mol. The molecule has 0 radical (unpaired) electrons. The zero-order chi connectivity index (χ0) is 26.5. The van der Waals surface area contributed by atoms with Crippen LogP contribution in [0.1, 0.15) is 77.8 Å². The monoisotopic (exact) mass is 497 g/mol. The van der Waals surface area contributed by atoms with E-state index in [0.29, 0.717) is 24.2 Å². The van der Waals surface area contributed by atoms with Crippen LogP contribution in [0.5, 0.6) is 0 Å². The highest BCUT2D eigenvalue weighted by atomic mass is 16.2. The van der Waals surface area contributed by atoms with Gasteiger partial charge in [0.2, 0.25) is 5.91 Å². The molecule has 1 aliphatic heterocycles. The number of anilines is 2. The summed E-state index contributed by atoms with van der Waals surface area (Å²) < 4.78 is 0. The number of rotatable bonds is 10. The Morgan fingerprint density at radius 2 is 1.30 bits per heavy atom. The number of hydrogen-bond donors (Lipinski definition) is 1. The van der Waals surface area contributed by atoms with Gasteiger partial charge in [0.05, 0.1) is 11.1 Å². The molecule has 1 N–H and O–H groups in total. The second-order valence-electron chi connectivity index (χ2n) is 10.0. The third kappa shape index (κ3) is 5.74. The van der Waals surface area contributed by atoms with Crippen LogP contribution in [0.2, 0.25) is 0 Å². The Hall–Kier alpha value is -3.93. The molecule has 3 amide bonds. The van der Waals surface area contributed by atoms with Gasteiger partial charge in [-0.25, -0.2) is 0 Å². The summed E-state index contributed by atoms with van der Waals surface area (Å²) in [5.41, 5.74) is 5.01. The van der Waals surface area contributed by atoms with Gasteiger partial charge >= 0.3 is 0 Å². The molecule has 0 aliphatic carbocycles. The fraction of sp³-hybridized carbons (Fsp3) is 0.323. The van der Waals surface area contributed by atoms with E-state index in [1.165, 1.54) is 4.90 Å². The van der Waals surface area contributed by atoms with Crippen LogP contribution in [-0.2, 0) is 4.79 Å². The lowest BCUT2D eigenvalue weighted by Crippen LogP contribution is -2.39. The number of para-hydroxylation sites is 2. The maximum atomic E-state index is 13.2. The van der Waals surface area contributed by atoms with Crippen LogP contribution in [-0.4, -0.2) is 42.3 Å². The van der Waals surface area contributed by atoms with E-state index in [9.17, 15) is 14.4 Å². The first-order valence-electron chi connectivity index (χ1n) is 13.0. The molecule has 0 bridgehead atoms. The van der Waals surface area contributed by atoms with E-state index in [2.05, 4.69) is 56.1 Å². The van der Waals surface area contributed by atoms with E-state index in [1.807, 2.05) is 30.3 Å². The quantitative estimate of drug-likeness (QED) is 0.346. The van der Waals surface area contributed by atoms with Crippen LogP contribution >= 0.6 is 0 Å². The first-order valence-corrected chi connectivity index (χ1v) is 13.0. The lowest BCUT2D eigenvalue weighted by atomic mass is 9.92. The van der Waals surface area contributed by atoms with Gasteiger partial charge in [-0.15, -0.1) is 0 Å². The third-order valence-electron chi connectivity index (χ3n) is 6.84. The van der Waals surface area contributed by atoms with E-state index in [-0.39, 0.29) is 42.5 Å². The molecule has 6 heteroatoms. The average Bonchev–Trinajstić information content (AvgIpc) is 3.14. The van der Waals surface area contributed by atoms with E-state index < -0.39 is 0 Å². The van der Waals surface area contributed by atoms with Gasteiger partial charge in [0, 0.05) is 37.4 Å². The molecule has 3 aromatic carbocycles. The molecule has 0 saturated heterocycles. The summed E-state index contributed by atoms with van der Waals surface area (Å²) in [6.07, 6.45) is 0.279. The molecule has 3 aromatic rings. The van der Waals surface area contributed by atoms with Crippen molar-refractivity contribution in [1.29, 1.82) is 0 Å². The number of benzene rings is 3. The highest BCUT2D eigenvalue weighted by Crippen LogP contribution is 2.32. The first-order chi connectivity index (χ1) is 17.8. The van der Waals surface area contributed by atoms with Crippen LogP contribution in [0.4, 0.5) is 11.4 Å². The molecule has 37 heavy (non-hydrogen) atoms. The highest BCUT2D eigenvalue weighted by Gasteiger charge is 2.35. The number of fused-ring (bicyclic) bond motifs is 1. The number of hydrogen-bond acceptors (Lipinski definition) is 4. The molecule has 0 atom stereocenters. The molecule has 0 spiro atoms. The van der Waals surface area contributed by atoms with Gasteiger partial charge in [-0.3, -0.25) is 19.3 Å². The maximum Gasteiger partial charge on any atom is 0.261 e. The van der Waals surface area contributed by atoms with Gasteiger partial charge in [0.15, 0.2) is 0 Å². The molecule has 0 unspecified atom stereocenters. The van der Waals surface area contributed by atoms with E-state index in [4.69, 9.17) is 0 Å². The third-order valence-corrected chi connectivity index (χ3v) is 6.84. The molecule has 0 fully saturated rings. The van der Waals surface area contributed by atoms with E-state index >= 15 is 0 Å². The number of carbonyl (C=O) groups excluding carboxylic acids is 3. The Bertz CT molecular complexity index is 1220. The predicted molar refractivity (Wildman–Crippen MR) is 148 cm³/mol. The summed E-state index contributed by atoms with van der Waals surface area (Å²) in [6, 6.07) is 22.9. The number of imide groups is 1. The number of nitrogens with one attached hydrogen (secondary N) is 1. The van der Waals surface area contributed by atoms with Crippen molar-refractivity contribution in [3.63, 3.8) is 0 Å². The van der Waals surface area contributed by atoms with Crippen LogP contribution in [0.3, 0.4) is 0 Å². The smallest absolute Gasteiger partial charge is 0.261 e. The second kappa shape index (κ2) is 11.4. The molecule has 1 heterocycles. The van der Waals surface area contributed by atoms with Crippen molar-refractivity contribution in [2.45, 2.75) is 46.0 Å². The van der Waals surface area contributed by atoms with Crippen LogP contribution in [0.25, 0.3) is 0 Å². The molecule has 4 rings (SSSR count). The normalized spacial score (nSPS) is 12.9. The topological polar surface area (TPSA) is 69.7 Å². The van der Waals surface area contributed by atoms with Crippen molar-refractivity contribution in [3.05, 3.63) is 95.1 Å². The summed E-state index contributed by atoms with van der Waals surface area (Å²) >= 11 is 0. The van der Waals surface area contributed by atoms with Crippen molar-refractivity contribution in [3.8, 4) is 0 Å². The van der Waals surface area contributed by atoms with Gasteiger partial charge in [-0.1, -0.05) is 76.2 Å². The summed E-state index contributed by atoms with van der Waals surface area (Å²) in [4.78, 5) is 42.2. The van der Waals surface area contributed by atoms with Gasteiger partial charge in [-0.2, -0.15) is 0 Å². The van der Waals surface area contributed by atoms with Crippen molar-refractivity contribution >= 4 is 29.1 Å². The molecule has 1 aliphatic rings. The van der Waals surface area contributed by atoms with Crippen LogP contribution in [0.15, 0.2) is 72.8 Å². The van der Waals surface area contributed by atoms with Crippen LogP contribution in [0, 0.1) is 0 Å². The predicted octanol–water partition coefficient (Wildman–Crippen LogP) is 6.06. The minimum atomic E-state index is -0.266. The Balaban J connectivity index is 1.46. The lowest BCUT2D eigenvalue weighted by Gasteiger charge is -2.27. The highest BCUT2D eigenvalue weighted by molar-refractivity contribution is 6.21. The number of nitrogens with zero attached hydrogens (tertiary/aromatic N) is 2. The van der Waals surface area contributed by atoms with Gasteiger partial charge < -0.3 is 10.2 Å². The maximum absolute atomic E-state index is 13.2. The van der Waals surface area contributed by atoms with Crippen molar-refractivity contribution in [2.75, 3.05) is 29.9 Å². The fourth-order valence-electron chi connectivity index (χ4n) is 4.81. The summed E-state index contributed by atoms with van der Waals surface area (Å²) in [7, 11) is 0. The SMILES string of the molecule is CC(C)c1cccc(C(C)C)c1NC(=O)CCN(CCN1C(=O)c2ccccc2C1=O)c1ccccc1. The Labute approximate surface area is 219 Å². The van der Waals surface area contributed by atoms with E-state index in [1.54, 1.807) is 24.3 Å². The Kier molecular flexibility index (Phi) is 8.07. The fourth-order valence-corrected chi connectivity index (χ4v) is 4.81. The van der Waals surface area contributed by atoms with Gasteiger partial charge in [-0.05, 0) is 47.2 Å². The van der Waals surface area contributed by atoms with Crippen LogP contribution < -0.4 is 10.2 Å². The summed E-state index contributed by atoms with van der Waals surface area (Å²) in [6.45, 7) is 9.66. The van der Waals surface area contributed by atoms with E-state index in [0.717, 1.165) is 22.5 Å². The van der Waals surface area contributed by atoms with Crippen molar-refractivity contribution in [1.82, 2.24) is 4.90 Å². The largest absolute Gasteiger partial charge is 0.369 e. The zero-order valence-electron chi connectivity index (χ0n) is 22.0.